The average Bonchev–Trinajstić information content (AvgIpc) is 3.34. The lowest BCUT2D eigenvalue weighted by atomic mass is 10.2. The second-order valence-corrected chi connectivity index (χ2v) is 10.0. The van der Waals surface area contributed by atoms with Gasteiger partial charge >= 0.3 is 0 Å². The molecule has 28 heavy (non-hydrogen) atoms. The molecule has 0 aliphatic rings. The molecule has 2 aromatic heterocycles. The molecule has 8 nitrogen and oxygen atoms in total. The number of nitrogens with one attached hydrogen (secondary N) is 2. The van der Waals surface area contributed by atoms with Crippen molar-refractivity contribution in [2.75, 3.05) is 4.72 Å². The van der Waals surface area contributed by atoms with E-state index in [0.717, 1.165) is 0 Å². The Morgan fingerprint density at radius 2 is 1.96 bits per heavy atom. The van der Waals surface area contributed by atoms with Crippen molar-refractivity contribution in [2.45, 2.75) is 14.1 Å². The van der Waals surface area contributed by atoms with Crippen molar-refractivity contribution in [1.29, 1.82) is 0 Å². The largest absolute Gasteiger partial charge is 0.280 e. The highest BCUT2D eigenvalue weighted by molar-refractivity contribution is 8.02. The Bertz CT molecular complexity index is 1200. The first-order chi connectivity index (χ1) is 13.5. The summed E-state index contributed by atoms with van der Waals surface area (Å²) >= 11 is 8.43. The van der Waals surface area contributed by atoms with E-state index in [1.54, 1.807) is 36.4 Å². The highest BCUT2D eigenvalue weighted by Crippen LogP contribution is 2.38. The molecule has 4 aromatic rings. The summed E-state index contributed by atoms with van der Waals surface area (Å²) in [6.07, 6.45) is 1.52. The fourth-order valence-electron chi connectivity index (χ4n) is 2.34. The van der Waals surface area contributed by atoms with Crippen LogP contribution < -0.4 is 4.72 Å². The lowest BCUT2D eigenvalue weighted by Crippen LogP contribution is -2.14. The lowest BCUT2D eigenvalue weighted by molar-refractivity contribution is 0.599. The monoisotopic (exact) mass is 450 g/mol. The van der Waals surface area contributed by atoms with Gasteiger partial charge in [0.2, 0.25) is 0 Å². The molecule has 2 heterocycles. The third kappa shape index (κ3) is 4.17. The maximum absolute atomic E-state index is 13.0. The molecule has 0 aliphatic carbocycles. The number of hydrogen-bond acceptors (Lipinski definition) is 8. The van der Waals surface area contributed by atoms with Crippen LogP contribution >= 0.6 is 34.7 Å². The fraction of sp³-hybridized carbons (Fsp3) is 0. The molecule has 2 aromatic carbocycles. The second-order valence-electron chi connectivity index (χ2n) is 5.42. The number of nitrogens with zero attached hydrogens (tertiary/aromatic N) is 4. The van der Waals surface area contributed by atoms with E-state index >= 15 is 0 Å². The summed E-state index contributed by atoms with van der Waals surface area (Å²) in [4.78, 5) is 4.79. The van der Waals surface area contributed by atoms with Gasteiger partial charge in [0.25, 0.3) is 10.0 Å². The Hall–Kier alpha value is -2.47. The number of benzene rings is 2. The number of hydrogen-bond donors (Lipinski definition) is 2. The average molecular weight is 451 g/mol. The van der Waals surface area contributed by atoms with Crippen LogP contribution in [0.5, 0.6) is 0 Å². The molecular weight excluding hydrogens is 440 g/mol. The van der Waals surface area contributed by atoms with Crippen LogP contribution in [-0.2, 0) is 10.0 Å². The Labute approximate surface area is 173 Å². The number of rotatable bonds is 6. The van der Waals surface area contributed by atoms with Crippen molar-refractivity contribution < 1.29 is 8.42 Å². The van der Waals surface area contributed by atoms with Gasteiger partial charge in [0.15, 0.2) is 10.2 Å². The number of anilines is 1. The van der Waals surface area contributed by atoms with Gasteiger partial charge in [-0.2, -0.15) is 0 Å². The normalized spacial score (nSPS) is 11.5. The Morgan fingerprint density at radius 1 is 1.14 bits per heavy atom. The predicted molar refractivity (Wildman–Crippen MR) is 108 cm³/mol. The topological polar surface area (TPSA) is 114 Å². The Morgan fingerprint density at radius 3 is 2.64 bits per heavy atom. The number of H-pyrrole nitrogens is 1. The second kappa shape index (κ2) is 7.87. The van der Waals surface area contributed by atoms with Gasteiger partial charge in [-0.15, -0.1) is 5.10 Å². The Balaban J connectivity index is 1.76. The summed E-state index contributed by atoms with van der Waals surface area (Å²) in [5.74, 6) is 0.430. The van der Waals surface area contributed by atoms with Crippen LogP contribution in [0.3, 0.4) is 0 Å². The van der Waals surface area contributed by atoms with E-state index in [9.17, 15) is 8.42 Å². The lowest BCUT2D eigenvalue weighted by Gasteiger charge is -2.12. The van der Waals surface area contributed by atoms with Gasteiger partial charge in [-0.25, -0.2) is 18.5 Å². The van der Waals surface area contributed by atoms with Gasteiger partial charge in [0.05, 0.1) is 6.20 Å². The van der Waals surface area contributed by atoms with Crippen LogP contribution in [-0.4, -0.2) is 34.0 Å². The van der Waals surface area contributed by atoms with Gasteiger partial charge < -0.3 is 0 Å². The quantitative estimate of drug-likeness (QED) is 0.457. The van der Waals surface area contributed by atoms with Crippen molar-refractivity contribution in [3.8, 4) is 11.4 Å². The molecule has 142 valence electrons. The van der Waals surface area contributed by atoms with Crippen molar-refractivity contribution in [3.63, 3.8) is 0 Å². The third-order valence-corrected chi connectivity index (χ3v) is 7.35. The van der Waals surface area contributed by atoms with Gasteiger partial charge in [-0.05, 0) is 40.8 Å². The first kappa shape index (κ1) is 18.9. The fourth-order valence-corrected chi connectivity index (χ4v) is 6.05. The van der Waals surface area contributed by atoms with Crippen LogP contribution in [0.2, 0.25) is 4.34 Å². The highest BCUT2D eigenvalue weighted by atomic mass is 35.5. The molecule has 0 radical (unpaired) electrons. The standard InChI is InChI=1S/C16H11ClN6O2S3/c17-14-9-18-16(27-14)26-12-8-10(15-19-22-23-20-15)6-7-13(12)28(24,25)21-11-4-2-1-3-5-11/h1-9,21H,(H,19,20,22,23). The van der Waals surface area contributed by atoms with E-state index in [1.165, 1.54) is 35.4 Å². The molecule has 4 rings (SSSR count). The number of aromatic amines is 1. The summed E-state index contributed by atoms with van der Waals surface area (Å²) in [5, 5.41) is 13.7. The molecule has 0 spiro atoms. The number of halogens is 1. The zero-order valence-corrected chi connectivity index (χ0v) is 17.1. The summed E-state index contributed by atoms with van der Waals surface area (Å²) in [6, 6.07) is 13.5. The smallest absolute Gasteiger partial charge is 0.263 e. The summed E-state index contributed by atoms with van der Waals surface area (Å²) in [7, 11) is -3.83. The molecule has 0 saturated carbocycles. The molecule has 0 amide bonds. The zero-order valence-electron chi connectivity index (χ0n) is 13.9. The minimum Gasteiger partial charge on any atom is -0.280 e. The molecule has 2 N–H and O–H groups in total. The summed E-state index contributed by atoms with van der Waals surface area (Å²) in [6.45, 7) is 0. The summed E-state index contributed by atoms with van der Waals surface area (Å²) in [5.41, 5.74) is 1.12. The maximum atomic E-state index is 13.0. The number of tetrazole rings is 1. The molecule has 0 atom stereocenters. The maximum Gasteiger partial charge on any atom is 0.263 e. The molecule has 0 fully saturated rings. The number of thiazole rings is 1. The number of aromatic nitrogens is 5. The number of para-hydroxylation sites is 1. The van der Waals surface area contributed by atoms with E-state index in [2.05, 4.69) is 30.3 Å². The minimum absolute atomic E-state index is 0.115. The molecule has 0 saturated heterocycles. The van der Waals surface area contributed by atoms with Crippen LogP contribution in [0.1, 0.15) is 0 Å². The van der Waals surface area contributed by atoms with Crippen LogP contribution in [0, 0.1) is 0 Å². The molecule has 0 unspecified atom stereocenters. The minimum atomic E-state index is -3.83. The summed E-state index contributed by atoms with van der Waals surface area (Å²) < 4.78 is 29.7. The molecule has 12 heteroatoms. The van der Waals surface area contributed by atoms with Gasteiger partial charge in [-0.3, -0.25) is 4.72 Å². The number of sulfonamides is 1. The van der Waals surface area contributed by atoms with Crippen molar-refractivity contribution >= 4 is 50.4 Å². The Kier molecular flexibility index (Phi) is 5.31. The van der Waals surface area contributed by atoms with Crippen molar-refractivity contribution in [3.05, 3.63) is 59.1 Å². The van der Waals surface area contributed by atoms with E-state index in [4.69, 9.17) is 11.6 Å². The van der Waals surface area contributed by atoms with E-state index in [1.807, 2.05) is 6.07 Å². The molecule has 0 aliphatic heterocycles. The first-order valence-electron chi connectivity index (χ1n) is 7.76. The molecule has 0 bridgehead atoms. The molecular formula is C16H11ClN6O2S3. The third-order valence-electron chi connectivity index (χ3n) is 3.53. The van der Waals surface area contributed by atoms with Gasteiger partial charge in [0, 0.05) is 16.1 Å². The van der Waals surface area contributed by atoms with Gasteiger partial charge in [-0.1, -0.05) is 52.9 Å². The highest BCUT2D eigenvalue weighted by Gasteiger charge is 2.21. The SMILES string of the molecule is O=S(=O)(Nc1ccccc1)c1ccc(-c2nnn[nH]2)cc1Sc1ncc(Cl)s1. The van der Waals surface area contributed by atoms with Crippen LogP contribution in [0.25, 0.3) is 11.4 Å². The van der Waals surface area contributed by atoms with E-state index in [-0.39, 0.29) is 4.90 Å². The first-order valence-corrected chi connectivity index (χ1v) is 11.3. The van der Waals surface area contributed by atoms with E-state index < -0.39 is 10.0 Å². The van der Waals surface area contributed by atoms with Crippen LogP contribution in [0.4, 0.5) is 5.69 Å². The van der Waals surface area contributed by atoms with Crippen molar-refractivity contribution in [2.24, 2.45) is 0 Å². The van der Waals surface area contributed by atoms with Crippen molar-refractivity contribution in [1.82, 2.24) is 25.6 Å². The van der Waals surface area contributed by atoms with Crippen LogP contribution in [0.15, 0.2) is 68.9 Å². The van der Waals surface area contributed by atoms with Gasteiger partial charge in [0.1, 0.15) is 9.23 Å². The van der Waals surface area contributed by atoms with E-state index in [0.29, 0.717) is 30.6 Å². The zero-order chi connectivity index (χ0) is 19.6. The predicted octanol–water partition coefficient (Wildman–Crippen LogP) is 3.93.